The van der Waals surface area contributed by atoms with Gasteiger partial charge in [0, 0.05) is 34.6 Å². The van der Waals surface area contributed by atoms with E-state index in [1.807, 2.05) is 73.7 Å². The summed E-state index contributed by atoms with van der Waals surface area (Å²) >= 11 is 0. The summed E-state index contributed by atoms with van der Waals surface area (Å²) in [7, 11) is 0. The highest BCUT2D eigenvalue weighted by Gasteiger charge is 2.39. The molecule has 0 unspecified atom stereocenters. The van der Waals surface area contributed by atoms with Crippen LogP contribution in [0.5, 0.6) is 0 Å². The van der Waals surface area contributed by atoms with E-state index >= 15 is 0 Å². The third-order valence-electron chi connectivity index (χ3n) is 4.94. The molecular formula is C26H22N2O. The molecule has 0 saturated carbocycles. The zero-order valence-corrected chi connectivity index (χ0v) is 16.3. The van der Waals surface area contributed by atoms with E-state index in [9.17, 15) is 0 Å². The molecule has 0 N–H and O–H groups in total. The molecule has 3 heteroatoms. The van der Waals surface area contributed by atoms with Gasteiger partial charge >= 0.3 is 0 Å². The molecule has 0 fully saturated rings. The molecule has 0 aliphatic heterocycles. The molecule has 4 aromatic rings. The van der Waals surface area contributed by atoms with Crippen LogP contribution < -0.4 is 0 Å². The number of aromatic nitrogens is 1. The Labute approximate surface area is 171 Å². The highest BCUT2D eigenvalue weighted by molar-refractivity contribution is 5.97. The Hall–Kier alpha value is -3.72. The summed E-state index contributed by atoms with van der Waals surface area (Å²) in [6.07, 6.45) is 3.54. The lowest BCUT2D eigenvalue weighted by atomic mass is 9.80. The molecule has 0 atom stereocenters. The van der Waals surface area contributed by atoms with Crippen LogP contribution in [0, 0.1) is 0 Å². The number of nitrogens with zero attached hydrogens (tertiary/aromatic N) is 2. The van der Waals surface area contributed by atoms with Crippen molar-refractivity contribution in [1.82, 2.24) is 4.98 Å². The van der Waals surface area contributed by atoms with Gasteiger partial charge in [0.15, 0.2) is 0 Å². The van der Waals surface area contributed by atoms with E-state index in [4.69, 9.17) is 4.84 Å². The Morgan fingerprint density at radius 3 is 1.59 bits per heavy atom. The normalized spacial score (nSPS) is 11.8. The van der Waals surface area contributed by atoms with E-state index in [0.29, 0.717) is 0 Å². The van der Waals surface area contributed by atoms with E-state index in [0.717, 1.165) is 28.0 Å². The molecule has 0 bridgehead atoms. The van der Waals surface area contributed by atoms with Crippen LogP contribution in [0.3, 0.4) is 0 Å². The van der Waals surface area contributed by atoms with E-state index in [2.05, 4.69) is 46.5 Å². The summed E-state index contributed by atoms with van der Waals surface area (Å²) in [6.45, 7) is 1.93. The van der Waals surface area contributed by atoms with Gasteiger partial charge in [-0.1, -0.05) is 96.2 Å². The van der Waals surface area contributed by atoms with Gasteiger partial charge < -0.3 is 4.84 Å². The lowest BCUT2D eigenvalue weighted by molar-refractivity contribution is 0.0172. The number of rotatable bonds is 6. The second-order valence-electron chi connectivity index (χ2n) is 6.79. The minimum absolute atomic E-state index is 0.769. The van der Waals surface area contributed by atoms with Gasteiger partial charge in [-0.2, -0.15) is 0 Å². The van der Waals surface area contributed by atoms with Crippen molar-refractivity contribution in [1.29, 1.82) is 0 Å². The van der Waals surface area contributed by atoms with Crippen molar-refractivity contribution in [3.63, 3.8) is 0 Å². The first kappa shape index (κ1) is 18.6. The Morgan fingerprint density at radius 1 is 0.690 bits per heavy atom. The SMILES string of the molecule is CC(=NOC(c1ccccc1)(c1ccccc1)c1ccccc1)c1cccnc1. The largest absolute Gasteiger partial charge is 0.374 e. The second kappa shape index (κ2) is 8.53. The molecule has 0 aliphatic carbocycles. The van der Waals surface area contributed by atoms with Crippen LogP contribution in [0.15, 0.2) is 121 Å². The Balaban J connectivity index is 1.91. The maximum atomic E-state index is 6.46. The molecule has 142 valence electrons. The zero-order valence-electron chi connectivity index (χ0n) is 16.3. The van der Waals surface area contributed by atoms with Crippen molar-refractivity contribution in [2.24, 2.45) is 5.16 Å². The van der Waals surface area contributed by atoms with Crippen LogP contribution in [-0.4, -0.2) is 10.7 Å². The van der Waals surface area contributed by atoms with Crippen molar-refractivity contribution < 1.29 is 4.84 Å². The molecule has 29 heavy (non-hydrogen) atoms. The minimum atomic E-state index is -0.868. The molecule has 0 amide bonds. The number of benzene rings is 3. The number of hydrogen-bond acceptors (Lipinski definition) is 3. The van der Waals surface area contributed by atoms with Gasteiger partial charge in [-0.15, -0.1) is 0 Å². The molecule has 3 aromatic carbocycles. The van der Waals surface area contributed by atoms with Crippen LogP contribution in [0.25, 0.3) is 0 Å². The number of hydrogen-bond donors (Lipinski definition) is 0. The van der Waals surface area contributed by atoms with E-state index in [-0.39, 0.29) is 0 Å². The average molecular weight is 378 g/mol. The molecule has 1 heterocycles. The van der Waals surface area contributed by atoms with Gasteiger partial charge in [0.25, 0.3) is 0 Å². The second-order valence-corrected chi connectivity index (χ2v) is 6.79. The highest BCUT2D eigenvalue weighted by Crippen LogP contribution is 2.40. The summed E-state index contributed by atoms with van der Waals surface area (Å²) in [4.78, 5) is 10.7. The lowest BCUT2D eigenvalue weighted by Gasteiger charge is -2.33. The van der Waals surface area contributed by atoms with Crippen LogP contribution in [0.2, 0.25) is 0 Å². The van der Waals surface area contributed by atoms with Crippen LogP contribution in [0.4, 0.5) is 0 Å². The molecule has 3 nitrogen and oxygen atoms in total. The molecule has 4 rings (SSSR count). The molecule has 0 spiro atoms. The third kappa shape index (κ3) is 3.81. The fourth-order valence-electron chi connectivity index (χ4n) is 3.44. The Bertz CT molecular complexity index is 966. The van der Waals surface area contributed by atoms with Gasteiger partial charge in [-0.25, -0.2) is 0 Å². The van der Waals surface area contributed by atoms with Crippen LogP contribution in [-0.2, 0) is 10.4 Å². The first-order chi connectivity index (χ1) is 14.3. The number of pyridine rings is 1. The first-order valence-electron chi connectivity index (χ1n) is 9.60. The highest BCUT2D eigenvalue weighted by atomic mass is 16.6. The molecular weight excluding hydrogens is 356 g/mol. The number of oxime groups is 1. The molecule has 0 aliphatic rings. The summed E-state index contributed by atoms with van der Waals surface area (Å²) in [6, 6.07) is 34.5. The van der Waals surface area contributed by atoms with Crippen molar-refractivity contribution in [3.05, 3.63) is 138 Å². The fourth-order valence-corrected chi connectivity index (χ4v) is 3.44. The van der Waals surface area contributed by atoms with Gasteiger partial charge in [0.2, 0.25) is 5.60 Å². The van der Waals surface area contributed by atoms with Crippen LogP contribution in [0.1, 0.15) is 29.2 Å². The summed E-state index contributed by atoms with van der Waals surface area (Å²) in [5.41, 5.74) is 3.87. The van der Waals surface area contributed by atoms with E-state index in [1.54, 1.807) is 12.4 Å². The Kier molecular flexibility index (Phi) is 5.48. The lowest BCUT2D eigenvalue weighted by Crippen LogP contribution is -2.31. The zero-order chi connectivity index (χ0) is 19.9. The topological polar surface area (TPSA) is 34.5 Å². The first-order valence-corrected chi connectivity index (χ1v) is 9.60. The van der Waals surface area contributed by atoms with Crippen molar-refractivity contribution in [3.8, 4) is 0 Å². The van der Waals surface area contributed by atoms with Gasteiger partial charge in [0.05, 0.1) is 5.71 Å². The van der Waals surface area contributed by atoms with Crippen molar-refractivity contribution >= 4 is 5.71 Å². The summed E-state index contributed by atoms with van der Waals surface area (Å²) < 4.78 is 0. The van der Waals surface area contributed by atoms with E-state index in [1.165, 1.54) is 0 Å². The molecule has 1 aromatic heterocycles. The Morgan fingerprint density at radius 2 is 1.17 bits per heavy atom. The molecule has 0 radical (unpaired) electrons. The smallest absolute Gasteiger partial charge is 0.212 e. The van der Waals surface area contributed by atoms with Crippen LogP contribution >= 0.6 is 0 Å². The van der Waals surface area contributed by atoms with E-state index < -0.39 is 5.60 Å². The molecule has 0 saturated heterocycles. The van der Waals surface area contributed by atoms with Crippen molar-refractivity contribution in [2.75, 3.05) is 0 Å². The van der Waals surface area contributed by atoms with Gasteiger partial charge in [0.1, 0.15) is 0 Å². The monoisotopic (exact) mass is 378 g/mol. The maximum Gasteiger partial charge on any atom is 0.212 e. The van der Waals surface area contributed by atoms with Gasteiger partial charge in [-0.3, -0.25) is 4.98 Å². The fraction of sp³-hybridized carbons (Fsp3) is 0.0769. The predicted molar refractivity (Wildman–Crippen MR) is 117 cm³/mol. The quantitative estimate of drug-likeness (QED) is 0.241. The van der Waals surface area contributed by atoms with Crippen molar-refractivity contribution in [2.45, 2.75) is 12.5 Å². The standard InChI is InChI=1S/C26H22N2O/c1-21(22-12-11-19-27-20-22)28-29-26(23-13-5-2-6-14-23,24-15-7-3-8-16-24)25-17-9-4-10-18-25/h2-20H,1H3. The minimum Gasteiger partial charge on any atom is -0.374 e. The summed E-state index contributed by atoms with van der Waals surface area (Å²) in [5.74, 6) is 0. The summed E-state index contributed by atoms with van der Waals surface area (Å²) in [5, 5.41) is 4.57. The van der Waals surface area contributed by atoms with Gasteiger partial charge in [-0.05, 0) is 19.1 Å². The predicted octanol–water partition coefficient (Wildman–Crippen LogP) is 5.81. The third-order valence-corrected chi connectivity index (χ3v) is 4.94. The maximum absolute atomic E-state index is 6.46. The average Bonchev–Trinajstić information content (AvgIpc) is 2.82.